The Bertz CT molecular complexity index is 723. The monoisotopic (exact) mass is 269 g/mol. The summed E-state index contributed by atoms with van der Waals surface area (Å²) < 4.78 is 0. The van der Waals surface area contributed by atoms with Crippen molar-refractivity contribution in [2.24, 2.45) is 0 Å². The van der Waals surface area contributed by atoms with Gasteiger partial charge in [-0.1, -0.05) is 30.3 Å². The van der Waals surface area contributed by atoms with Gasteiger partial charge >= 0.3 is 0 Å². The molecule has 1 aromatic heterocycles. The molecule has 4 rings (SSSR count). The molecule has 20 heavy (non-hydrogen) atoms. The SMILES string of the molecule is O=C1NC2=C[C@](O)(c3ccccc3)NN2c2nc[nH]c21. The number of carbonyl (C=O) groups excluding carboxylic acids is 1. The number of nitrogens with one attached hydrogen (secondary N) is 3. The number of carbonyl (C=O) groups is 1. The summed E-state index contributed by atoms with van der Waals surface area (Å²) in [5.41, 5.74) is 2.59. The molecular formula is C13H11N5O2. The van der Waals surface area contributed by atoms with Gasteiger partial charge in [0, 0.05) is 11.6 Å². The van der Waals surface area contributed by atoms with Gasteiger partial charge in [0.15, 0.2) is 17.2 Å². The molecule has 0 aliphatic carbocycles. The van der Waals surface area contributed by atoms with Crippen LogP contribution < -0.4 is 15.8 Å². The molecule has 2 aromatic rings. The Hall–Kier alpha value is -2.64. The highest BCUT2D eigenvalue weighted by Gasteiger charge is 2.42. The molecule has 2 aliphatic rings. The third kappa shape index (κ3) is 1.41. The maximum Gasteiger partial charge on any atom is 0.277 e. The number of hydrogen-bond acceptors (Lipinski definition) is 5. The highest BCUT2D eigenvalue weighted by molar-refractivity contribution is 6.01. The molecule has 4 N–H and O–H groups in total. The zero-order valence-corrected chi connectivity index (χ0v) is 10.3. The van der Waals surface area contributed by atoms with E-state index in [-0.39, 0.29) is 5.91 Å². The molecular weight excluding hydrogens is 258 g/mol. The van der Waals surface area contributed by atoms with Crippen molar-refractivity contribution in [2.45, 2.75) is 5.72 Å². The Kier molecular flexibility index (Phi) is 2.07. The van der Waals surface area contributed by atoms with Gasteiger partial charge in [0.2, 0.25) is 0 Å². The van der Waals surface area contributed by atoms with E-state index in [0.29, 0.717) is 22.9 Å². The third-order valence-electron chi connectivity index (χ3n) is 3.38. The van der Waals surface area contributed by atoms with E-state index in [4.69, 9.17) is 0 Å². The fourth-order valence-corrected chi connectivity index (χ4v) is 2.43. The first kappa shape index (κ1) is 11.2. The predicted molar refractivity (Wildman–Crippen MR) is 70.1 cm³/mol. The molecule has 100 valence electrons. The molecule has 3 heterocycles. The summed E-state index contributed by atoms with van der Waals surface area (Å²) in [6.45, 7) is 0. The average molecular weight is 269 g/mol. The topological polar surface area (TPSA) is 93.3 Å². The third-order valence-corrected chi connectivity index (χ3v) is 3.38. The number of hydrogen-bond donors (Lipinski definition) is 4. The predicted octanol–water partition coefficient (Wildman–Crippen LogP) is 0.164. The van der Waals surface area contributed by atoms with Crippen LogP contribution >= 0.6 is 0 Å². The summed E-state index contributed by atoms with van der Waals surface area (Å²) in [6.07, 6.45) is 2.99. The van der Waals surface area contributed by atoms with Crippen LogP contribution in [0.2, 0.25) is 0 Å². The fraction of sp³-hybridized carbons (Fsp3) is 0.0769. The highest BCUT2D eigenvalue weighted by atomic mass is 16.3. The van der Waals surface area contributed by atoms with E-state index in [1.54, 1.807) is 23.2 Å². The van der Waals surface area contributed by atoms with Crippen LogP contribution in [-0.4, -0.2) is 21.0 Å². The number of benzene rings is 1. The van der Waals surface area contributed by atoms with Gasteiger partial charge in [0.05, 0.1) is 6.33 Å². The van der Waals surface area contributed by atoms with Crippen molar-refractivity contribution in [3.63, 3.8) is 0 Å². The van der Waals surface area contributed by atoms with Gasteiger partial charge in [-0.2, -0.15) is 5.43 Å². The Morgan fingerprint density at radius 3 is 2.85 bits per heavy atom. The van der Waals surface area contributed by atoms with E-state index in [2.05, 4.69) is 20.7 Å². The quantitative estimate of drug-likeness (QED) is 0.592. The molecule has 0 radical (unpaired) electrons. The van der Waals surface area contributed by atoms with Gasteiger partial charge in [0.1, 0.15) is 5.82 Å². The summed E-state index contributed by atoms with van der Waals surface area (Å²) >= 11 is 0. The number of aromatic amines is 1. The molecule has 0 saturated carbocycles. The smallest absolute Gasteiger partial charge is 0.277 e. The van der Waals surface area contributed by atoms with Crippen molar-refractivity contribution in [2.75, 3.05) is 5.01 Å². The molecule has 1 amide bonds. The van der Waals surface area contributed by atoms with Crippen LogP contribution in [0, 0.1) is 0 Å². The Labute approximate surface area is 113 Å². The second kappa shape index (κ2) is 3.69. The second-order valence-electron chi connectivity index (χ2n) is 4.66. The molecule has 0 bridgehead atoms. The average Bonchev–Trinajstić information content (AvgIpc) is 3.05. The lowest BCUT2D eigenvalue weighted by Gasteiger charge is -2.28. The van der Waals surface area contributed by atoms with Crippen molar-refractivity contribution in [3.05, 3.63) is 59.8 Å². The number of aromatic nitrogens is 2. The van der Waals surface area contributed by atoms with Crippen molar-refractivity contribution in [1.82, 2.24) is 20.7 Å². The molecule has 1 aromatic carbocycles. The van der Waals surface area contributed by atoms with Gasteiger partial charge in [-0.3, -0.25) is 4.79 Å². The summed E-state index contributed by atoms with van der Waals surface area (Å²) in [4.78, 5) is 18.8. The van der Waals surface area contributed by atoms with Crippen LogP contribution in [-0.2, 0) is 5.72 Å². The number of H-pyrrole nitrogens is 1. The molecule has 1 atom stereocenters. The van der Waals surface area contributed by atoms with Crippen molar-refractivity contribution >= 4 is 11.7 Å². The zero-order valence-electron chi connectivity index (χ0n) is 10.3. The van der Waals surface area contributed by atoms with Crippen molar-refractivity contribution in [1.29, 1.82) is 0 Å². The zero-order chi connectivity index (χ0) is 13.7. The van der Waals surface area contributed by atoms with Crippen molar-refractivity contribution < 1.29 is 9.90 Å². The number of rotatable bonds is 1. The van der Waals surface area contributed by atoms with Crippen LogP contribution in [0.4, 0.5) is 5.82 Å². The Morgan fingerprint density at radius 1 is 1.25 bits per heavy atom. The highest BCUT2D eigenvalue weighted by Crippen LogP contribution is 2.33. The molecule has 0 unspecified atom stereocenters. The maximum absolute atomic E-state index is 11.9. The van der Waals surface area contributed by atoms with E-state index in [9.17, 15) is 9.90 Å². The summed E-state index contributed by atoms with van der Waals surface area (Å²) in [5, 5.41) is 15.0. The van der Waals surface area contributed by atoms with Crippen LogP contribution in [0.3, 0.4) is 0 Å². The molecule has 0 spiro atoms. The van der Waals surface area contributed by atoms with Gasteiger partial charge in [-0.15, -0.1) is 0 Å². The second-order valence-corrected chi connectivity index (χ2v) is 4.66. The molecule has 0 fully saturated rings. The first-order valence-corrected chi connectivity index (χ1v) is 6.11. The van der Waals surface area contributed by atoms with Gasteiger partial charge in [-0.05, 0) is 0 Å². The largest absolute Gasteiger partial charge is 0.367 e. The first-order valence-electron chi connectivity index (χ1n) is 6.11. The van der Waals surface area contributed by atoms with E-state index in [1.165, 1.54) is 6.33 Å². The van der Waals surface area contributed by atoms with Crippen LogP contribution in [0.1, 0.15) is 16.1 Å². The van der Waals surface area contributed by atoms with E-state index < -0.39 is 5.72 Å². The maximum atomic E-state index is 11.9. The minimum absolute atomic E-state index is 0.279. The van der Waals surface area contributed by atoms with E-state index in [0.717, 1.165) is 0 Å². The molecule has 7 heteroatoms. The Morgan fingerprint density at radius 2 is 2.05 bits per heavy atom. The first-order chi connectivity index (χ1) is 9.67. The fourth-order valence-electron chi connectivity index (χ4n) is 2.43. The summed E-state index contributed by atoms with van der Waals surface area (Å²) in [5.74, 6) is 0.618. The van der Waals surface area contributed by atoms with Crippen LogP contribution in [0.5, 0.6) is 0 Å². The number of anilines is 1. The van der Waals surface area contributed by atoms with Gasteiger partial charge in [0.25, 0.3) is 5.91 Å². The Balaban J connectivity index is 1.80. The summed E-state index contributed by atoms with van der Waals surface area (Å²) in [6, 6.07) is 9.15. The lowest BCUT2D eigenvalue weighted by molar-refractivity contribution is 0.0606. The minimum atomic E-state index is -1.38. The van der Waals surface area contributed by atoms with Gasteiger partial charge in [-0.25, -0.2) is 9.99 Å². The molecule has 2 aliphatic heterocycles. The lowest BCUT2D eigenvalue weighted by Crippen LogP contribution is -2.49. The lowest BCUT2D eigenvalue weighted by atomic mass is 10.0. The summed E-state index contributed by atoms with van der Waals surface area (Å²) in [7, 11) is 0. The number of hydrazine groups is 1. The number of fused-ring (bicyclic) bond motifs is 3. The van der Waals surface area contributed by atoms with Crippen LogP contribution in [0.25, 0.3) is 0 Å². The number of amides is 1. The standard InChI is InChI=1S/C13H11N5O2/c19-12-10-11(15-7-14-10)18-9(16-12)6-13(20,17-18)8-4-2-1-3-5-8/h1-7,17,20H,(H,14,15)(H,16,19)/t13-/m0/s1. The number of imidazole rings is 1. The molecule has 0 saturated heterocycles. The van der Waals surface area contributed by atoms with Gasteiger partial charge < -0.3 is 15.4 Å². The minimum Gasteiger partial charge on any atom is -0.367 e. The van der Waals surface area contributed by atoms with E-state index >= 15 is 0 Å². The number of nitrogens with zero attached hydrogens (tertiary/aromatic N) is 2. The number of aliphatic hydroxyl groups is 1. The normalized spacial score (nSPS) is 23.9. The van der Waals surface area contributed by atoms with Crippen LogP contribution in [0.15, 0.2) is 48.6 Å². The van der Waals surface area contributed by atoms with Crippen molar-refractivity contribution in [3.8, 4) is 0 Å². The van der Waals surface area contributed by atoms with E-state index in [1.807, 2.05) is 18.2 Å². The molecule has 7 nitrogen and oxygen atoms in total.